The molecule has 1 amide bonds. The normalized spacial score (nSPS) is 10.6. The van der Waals surface area contributed by atoms with E-state index in [1.807, 2.05) is 35.7 Å². The van der Waals surface area contributed by atoms with Gasteiger partial charge in [0.15, 0.2) is 0 Å². The molecule has 6 nitrogen and oxygen atoms in total. The second-order valence-corrected chi connectivity index (χ2v) is 5.91. The van der Waals surface area contributed by atoms with E-state index in [2.05, 4.69) is 20.7 Å². The Labute approximate surface area is 135 Å². The van der Waals surface area contributed by atoms with Gasteiger partial charge in [-0.25, -0.2) is 0 Å². The molecule has 0 atom stereocenters. The number of aromatic nitrogens is 4. The van der Waals surface area contributed by atoms with Crippen molar-refractivity contribution in [2.75, 3.05) is 0 Å². The average molecular weight is 334 g/mol. The molecule has 1 N–H and O–H groups in total. The average Bonchev–Trinajstić information content (AvgIpc) is 3.16. The maximum absolute atomic E-state index is 11.9. The maximum Gasteiger partial charge on any atom is 0.243 e. The van der Waals surface area contributed by atoms with Gasteiger partial charge in [0.2, 0.25) is 11.7 Å². The Balaban J connectivity index is 1.56. The summed E-state index contributed by atoms with van der Waals surface area (Å²) in [5.74, 6) is 0.341. The highest BCUT2D eigenvalue weighted by molar-refractivity contribution is 7.13. The van der Waals surface area contributed by atoms with Crippen LogP contribution in [0.2, 0.25) is 5.02 Å². The SMILES string of the molecule is O=C(Cn1nnc(-c2cccs2)n1)NCc1cccc(Cl)c1. The second kappa shape index (κ2) is 6.67. The summed E-state index contributed by atoms with van der Waals surface area (Å²) in [4.78, 5) is 14.1. The lowest BCUT2D eigenvalue weighted by Crippen LogP contribution is -2.28. The highest BCUT2D eigenvalue weighted by Crippen LogP contribution is 2.19. The van der Waals surface area contributed by atoms with Gasteiger partial charge in [-0.3, -0.25) is 4.79 Å². The highest BCUT2D eigenvalue weighted by atomic mass is 35.5. The van der Waals surface area contributed by atoms with E-state index in [0.29, 0.717) is 17.4 Å². The molecule has 0 spiro atoms. The molecule has 3 rings (SSSR count). The van der Waals surface area contributed by atoms with Crippen LogP contribution in [-0.4, -0.2) is 26.1 Å². The van der Waals surface area contributed by atoms with Crippen molar-refractivity contribution < 1.29 is 4.79 Å². The zero-order valence-corrected chi connectivity index (χ0v) is 13.0. The number of hydrogen-bond donors (Lipinski definition) is 1. The van der Waals surface area contributed by atoms with Crippen LogP contribution in [0.1, 0.15) is 5.56 Å². The molecule has 8 heteroatoms. The Morgan fingerprint density at radius 2 is 2.23 bits per heavy atom. The fourth-order valence-corrected chi connectivity index (χ4v) is 2.71. The molecule has 2 aromatic heterocycles. The van der Waals surface area contributed by atoms with Crippen molar-refractivity contribution in [1.29, 1.82) is 0 Å². The molecule has 0 radical (unpaired) electrons. The van der Waals surface area contributed by atoms with Crippen LogP contribution in [0.4, 0.5) is 0 Å². The van der Waals surface area contributed by atoms with Gasteiger partial charge in [0.25, 0.3) is 0 Å². The summed E-state index contributed by atoms with van der Waals surface area (Å²) in [5, 5.41) is 17.4. The van der Waals surface area contributed by atoms with Crippen molar-refractivity contribution in [3.8, 4) is 10.7 Å². The van der Waals surface area contributed by atoms with Crippen molar-refractivity contribution in [2.24, 2.45) is 0 Å². The van der Waals surface area contributed by atoms with Gasteiger partial charge in [0, 0.05) is 11.6 Å². The molecule has 0 aliphatic heterocycles. The lowest BCUT2D eigenvalue weighted by Gasteiger charge is -2.04. The zero-order chi connectivity index (χ0) is 15.4. The molecule has 0 saturated carbocycles. The van der Waals surface area contributed by atoms with Crippen molar-refractivity contribution in [3.05, 3.63) is 52.4 Å². The van der Waals surface area contributed by atoms with Crippen LogP contribution >= 0.6 is 22.9 Å². The van der Waals surface area contributed by atoms with E-state index < -0.39 is 0 Å². The molecule has 22 heavy (non-hydrogen) atoms. The second-order valence-electron chi connectivity index (χ2n) is 4.53. The molecule has 2 heterocycles. The molecular formula is C14H12ClN5OS. The first-order valence-corrected chi connectivity index (χ1v) is 7.79. The summed E-state index contributed by atoms with van der Waals surface area (Å²) >= 11 is 7.42. The molecular weight excluding hydrogens is 322 g/mol. The number of carbonyl (C=O) groups excluding carboxylic acids is 1. The van der Waals surface area contributed by atoms with E-state index in [-0.39, 0.29) is 12.5 Å². The van der Waals surface area contributed by atoms with E-state index >= 15 is 0 Å². The van der Waals surface area contributed by atoms with Crippen molar-refractivity contribution in [2.45, 2.75) is 13.1 Å². The minimum Gasteiger partial charge on any atom is -0.350 e. The number of rotatable bonds is 5. The van der Waals surface area contributed by atoms with Crippen molar-refractivity contribution >= 4 is 28.8 Å². The third-order valence-electron chi connectivity index (χ3n) is 2.86. The van der Waals surface area contributed by atoms with Gasteiger partial charge >= 0.3 is 0 Å². The number of carbonyl (C=O) groups is 1. The third kappa shape index (κ3) is 3.69. The third-order valence-corrected chi connectivity index (χ3v) is 3.96. The fraction of sp³-hybridized carbons (Fsp3) is 0.143. The summed E-state index contributed by atoms with van der Waals surface area (Å²) in [7, 11) is 0. The summed E-state index contributed by atoms with van der Waals surface area (Å²) in [6.45, 7) is 0.435. The smallest absolute Gasteiger partial charge is 0.243 e. The van der Waals surface area contributed by atoms with Crippen LogP contribution < -0.4 is 5.32 Å². The largest absolute Gasteiger partial charge is 0.350 e. The number of thiophene rings is 1. The van der Waals surface area contributed by atoms with Crippen molar-refractivity contribution in [3.63, 3.8) is 0 Å². The standard InChI is InChI=1S/C14H12ClN5OS/c15-11-4-1-3-10(7-11)8-16-13(21)9-20-18-14(17-19-20)12-5-2-6-22-12/h1-7H,8-9H2,(H,16,21). The maximum atomic E-state index is 11.9. The van der Waals surface area contributed by atoms with E-state index in [1.54, 1.807) is 6.07 Å². The summed E-state index contributed by atoms with van der Waals surface area (Å²) in [5.41, 5.74) is 0.937. The van der Waals surface area contributed by atoms with Crippen LogP contribution in [0.5, 0.6) is 0 Å². The van der Waals surface area contributed by atoms with Gasteiger partial charge in [0.05, 0.1) is 4.88 Å². The molecule has 1 aromatic carbocycles. The van der Waals surface area contributed by atoms with E-state index in [4.69, 9.17) is 11.6 Å². The Morgan fingerprint density at radius 1 is 1.32 bits per heavy atom. The molecule has 3 aromatic rings. The first-order chi connectivity index (χ1) is 10.7. The summed E-state index contributed by atoms with van der Waals surface area (Å²) in [6.07, 6.45) is 0. The predicted molar refractivity (Wildman–Crippen MR) is 84.4 cm³/mol. The van der Waals surface area contributed by atoms with Gasteiger partial charge in [-0.2, -0.15) is 4.80 Å². The number of hydrogen-bond acceptors (Lipinski definition) is 5. The number of amides is 1. The minimum atomic E-state index is -0.185. The Kier molecular flexibility index (Phi) is 4.45. The van der Waals surface area contributed by atoms with E-state index in [1.165, 1.54) is 16.1 Å². The van der Waals surface area contributed by atoms with Gasteiger partial charge in [-0.15, -0.1) is 21.5 Å². The van der Waals surface area contributed by atoms with Crippen LogP contribution in [0.15, 0.2) is 41.8 Å². The summed E-state index contributed by atoms with van der Waals surface area (Å²) in [6, 6.07) is 11.2. The molecule has 0 saturated heterocycles. The highest BCUT2D eigenvalue weighted by Gasteiger charge is 2.09. The van der Waals surface area contributed by atoms with Crippen LogP contribution in [0.3, 0.4) is 0 Å². The summed E-state index contributed by atoms with van der Waals surface area (Å²) < 4.78 is 0. The molecule has 0 unspecified atom stereocenters. The molecule has 0 aliphatic rings. The number of benzene rings is 1. The number of nitrogens with one attached hydrogen (secondary N) is 1. The Bertz CT molecular complexity index is 771. The Hall–Kier alpha value is -2.25. The fourth-order valence-electron chi connectivity index (χ4n) is 1.85. The Morgan fingerprint density at radius 3 is 3.00 bits per heavy atom. The van der Waals surface area contributed by atoms with E-state index in [9.17, 15) is 4.79 Å². The first-order valence-electron chi connectivity index (χ1n) is 6.53. The lowest BCUT2D eigenvalue weighted by molar-refractivity contribution is -0.122. The predicted octanol–water partition coefficient (Wildman–Crippen LogP) is 2.37. The molecule has 0 fully saturated rings. The van der Waals surface area contributed by atoms with Gasteiger partial charge < -0.3 is 5.32 Å². The quantitative estimate of drug-likeness (QED) is 0.778. The van der Waals surface area contributed by atoms with Crippen LogP contribution in [0, 0.1) is 0 Å². The number of tetrazole rings is 1. The monoisotopic (exact) mass is 333 g/mol. The number of halogens is 1. The number of nitrogens with zero attached hydrogens (tertiary/aromatic N) is 4. The van der Waals surface area contributed by atoms with Gasteiger partial charge in [-0.05, 0) is 34.4 Å². The van der Waals surface area contributed by atoms with Crippen LogP contribution in [-0.2, 0) is 17.9 Å². The van der Waals surface area contributed by atoms with Crippen molar-refractivity contribution in [1.82, 2.24) is 25.5 Å². The first kappa shape index (κ1) is 14.7. The topological polar surface area (TPSA) is 72.7 Å². The van der Waals surface area contributed by atoms with E-state index in [0.717, 1.165) is 10.4 Å². The molecule has 0 aliphatic carbocycles. The molecule has 0 bridgehead atoms. The minimum absolute atomic E-state index is 0.0267. The molecule has 112 valence electrons. The zero-order valence-electron chi connectivity index (χ0n) is 11.4. The van der Waals surface area contributed by atoms with Gasteiger partial charge in [-0.1, -0.05) is 29.8 Å². The van der Waals surface area contributed by atoms with Crippen LogP contribution in [0.25, 0.3) is 10.7 Å². The lowest BCUT2D eigenvalue weighted by atomic mass is 10.2. The van der Waals surface area contributed by atoms with Gasteiger partial charge in [0.1, 0.15) is 6.54 Å².